The lowest BCUT2D eigenvalue weighted by atomic mass is 10.2. The first kappa shape index (κ1) is 19.2. The molecule has 0 unspecified atom stereocenters. The van der Waals surface area contributed by atoms with Gasteiger partial charge in [-0.2, -0.15) is 0 Å². The zero-order valence-corrected chi connectivity index (χ0v) is 14.7. The molecule has 6 nitrogen and oxygen atoms in total. The summed E-state index contributed by atoms with van der Waals surface area (Å²) in [5.74, 6) is -1.35. The molecule has 0 saturated carbocycles. The Morgan fingerprint density at radius 3 is 2.23 bits per heavy atom. The first-order valence-corrected chi connectivity index (χ1v) is 8.24. The average Bonchev–Trinajstić information content (AvgIpc) is 2.61. The fourth-order valence-corrected chi connectivity index (χ4v) is 2.13. The van der Waals surface area contributed by atoms with Gasteiger partial charge in [0.15, 0.2) is 6.61 Å². The van der Waals surface area contributed by atoms with Crippen LogP contribution in [0.25, 0.3) is 0 Å². The van der Waals surface area contributed by atoms with Crippen molar-refractivity contribution in [3.05, 3.63) is 65.7 Å². The molecule has 0 spiro atoms. The van der Waals surface area contributed by atoms with Crippen molar-refractivity contribution in [2.45, 2.75) is 26.4 Å². The van der Waals surface area contributed by atoms with Crippen LogP contribution in [0.1, 0.15) is 29.8 Å². The summed E-state index contributed by atoms with van der Waals surface area (Å²) < 4.78 is 10.0. The van der Waals surface area contributed by atoms with Gasteiger partial charge in [0.2, 0.25) is 0 Å². The van der Waals surface area contributed by atoms with E-state index in [4.69, 9.17) is 9.47 Å². The maximum Gasteiger partial charge on any atom is 0.338 e. The second-order valence-corrected chi connectivity index (χ2v) is 5.90. The third-order valence-corrected chi connectivity index (χ3v) is 3.30. The highest BCUT2D eigenvalue weighted by atomic mass is 16.5. The fraction of sp³-hybridized carbons (Fsp3) is 0.250. The third-order valence-electron chi connectivity index (χ3n) is 3.30. The Morgan fingerprint density at radius 2 is 1.62 bits per heavy atom. The van der Waals surface area contributed by atoms with Gasteiger partial charge in [-0.1, -0.05) is 30.3 Å². The van der Waals surface area contributed by atoms with Crippen molar-refractivity contribution in [2.75, 3.05) is 11.9 Å². The highest BCUT2D eigenvalue weighted by Crippen LogP contribution is 2.11. The Bertz CT molecular complexity index is 754. The van der Waals surface area contributed by atoms with Crippen LogP contribution in [-0.4, -0.2) is 30.6 Å². The number of anilines is 1. The number of nitrogens with one attached hydrogen (secondary N) is 1. The Labute approximate surface area is 152 Å². The maximum atomic E-state index is 11.9. The van der Waals surface area contributed by atoms with Gasteiger partial charge in [0.25, 0.3) is 5.91 Å². The minimum absolute atomic E-state index is 0.112. The minimum atomic E-state index is -0.474. The number of hydrogen-bond acceptors (Lipinski definition) is 5. The lowest BCUT2D eigenvalue weighted by molar-refractivity contribution is -0.146. The summed E-state index contributed by atoms with van der Waals surface area (Å²) in [6.07, 6.45) is -0.0895. The predicted octanol–water partition coefficient (Wildman–Crippen LogP) is 2.98. The number of hydrogen-bond donors (Lipinski definition) is 1. The van der Waals surface area contributed by atoms with Gasteiger partial charge in [-0.05, 0) is 43.7 Å². The van der Waals surface area contributed by atoms with Crippen molar-refractivity contribution in [1.82, 2.24) is 0 Å². The molecule has 136 valence electrons. The molecule has 26 heavy (non-hydrogen) atoms. The van der Waals surface area contributed by atoms with E-state index >= 15 is 0 Å². The standard InChI is InChI=1S/C20H21NO5/c1-14(2)26-20(24)16-8-10-17(11-9-16)21-18(22)13-25-19(23)12-15-6-4-3-5-7-15/h3-11,14H,12-13H2,1-2H3,(H,21,22). The number of ether oxygens (including phenoxy) is 2. The Hall–Kier alpha value is -3.15. The van der Waals surface area contributed by atoms with Crippen molar-refractivity contribution >= 4 is 23.5 Å². The van der Waals surface area contributed by atoms with Gasteiger partial charge < -0.3 is 14.8 Å². The quantitative estimate of drug-likeness (QED) is 0.772. The second-order valence-electron chi connectivity index (χ2n) is 5.90. The molecule has 0 saturated heterocycles. The molecule has 6 heteroatoms. The number of carbonyl (C=O) groups is 3. The number of benzene rings is 2. The van der Waals surface area contributed by atoms with Crippen LogP contribution in [0.15, 0.2) is 54.6 Å². The predicted molar refractivity (Wildman–Crippen MR) is 96.7 cm³/mol. The van der Waals surface area contributed by atoms with E-state index in [1.54, 1.807) is 38.1 Å². The van der Waals surface area contributed by atoms with Crippen molar-refractivity contribution in [3.8, 4) is 0 Å². The normalized spacial score (nSPS) is 10.3. The number of esters is 2. The Morgan fingerprint density at radius 1 is 0.962 bits per heavy atom. The smallest absolute Gasteiger partial charge is 0.338 e. The molecule has 2 aromatic carbocycles. The minimum Gasteiger partial charge on any atom is -0.459 e. The summed E-state index contributed by atoms with van der Waals surface area (Å²) in [5, 5.41) is 2.60. The molecule has 2 aromatic rings. The first-order chi connectivity index (χ1) is 12.4. The zero-order valence-electron chi connectivity index (χ0n) is 14.7. The SMILES string of the molecule is CC(C)OC(=O)c1ccc(NC(=O)COC(=O)Cc2ccccc2)cc1. The summed E-state index contributed by atoms with van der Waals surface area (Å²) in [5.41, 5.74) is 1.71. The first-order valence-electron chi connectivity index (χ1n) is 8.24. The summed E-state index contributed by atoms with van der Waals surface area (Å²) in [6, 6.07) is 15.4. The van der Waals surface area contributed by atoms with Crippen LogP contribution in [0.3, 0.4) is 0 Å². The summed E-state index contributed by atoms with van der Waals surface area (Å²) in [6.45, 7) is 3.17. The molecular weight excluding hydrogens is 334 g/mol. The molecule has 0 atom stereocenters. The van der Waals surface area contributed by atoms with Gasteiger partial charge in [-0.15, -0.1) is 0 Å². The molecule has 0 bridgehead atoms. The highest BCUT2D eigenvalue weighted by Gasteiger charge is 2.11. The van der Waals surface area contributed by atoms with E-state index in [-0.39, 0.29) is 19.1 Å². The molecule has 0 radical (unpaired) electrons. The zero-order chi connectivity index (χ0) is 18.9. The fourth-order valence-electron chi connectivity index (χ4n) is 2.13. The third kappa shape index (κ3) is 6.39. The van der Waals surface area contributed by atoms with E-state index in [0.29, 0.717) is 11.3 Å². The Kier molecular flexibility index (Phi) is 6.91. The van der Waals surface area contributed by atoms with Gasteiger partial charge in [0.05, 0.1) is 18.1 Å². The molecule has 0 aliphatic heterocycles. The number of rotatable bonds is 7. The van der Waals surface area contributed by atoms with Crippen LogP contribution in [0, 0.1) is 0 Å². The van der Waals surface area contributed by atoms with Gasteiger partial charge in [-0.3, -0.25) is 9.59 Å². The largest absolute Gasteiger partial charge is 0.459 e. The summed E-state index contributed by atoms with van der Waals surface area (Å²) in [4.78, 5) is 35.3. The van der Waals surface area contributed by atoms with Crippen LogP contribution in [-0.2, 0) is 25.5 Å². The Balaban J connectivity index is 1.78. The van der Waals surface area contributed by atoms with Crippen LogP contribution >= 0.6 is 0 Å². The topological polar surface area (TPSA) is 81.7 Å². The monoisotopic (exact) mass is 355 g/mol. The molecule has 1 amide bonds. The van der Waals surface area contributed by atoms with Crippen molar-refractivity contribution in [3.63, 3.8) is 0 Å². The number of amides is 1. The van der Waals surface area contributed by atoms with Crippen LogP contribution in [0.2, 0.25) is 0 Å². The number of carbonyl (C=O) groups excluding carboxylic acids is 3. The summed E-state index contributed by atoms with van der Waals surface area (Å²) in [7, 11) is 0. The molecule has 0 aliphatic carbocycles. The van der Waals surface area contributed by atoms with E-state index in [1.165, 1.54) is 0 Å². The van der Waals surface area contributed by atoms with Gasteiger partial charge in [0.1, 0.15) is 0 Å². The van der Waals surface area contributed by atoms with Crippen LogP contribution in [0.5, 0.6) is 0 Å². The van der Waals surface area contributed by atoms with E-state index in [2.05, 4.69) is 5.32 Å². The van der Waals surface area contributed by atoms with E-state index in [0.717, 1.165) is 5.56 Å². The highest BCUT2D eigenvalue weighted by molar-refractivity contribution is 5.94. The second kappa shape index (κ2) is 9.36. The molecule has 1 N–H and O–H groups in total. The van der Waals surface area contributed by atoms with Gasteiger partial charge in [0, 0.05) is 5.69 Å². The van der Waals surface area contributed by atoms with E-state index in [9.17, 15) is 14.4 Å². The average molecular weight is 355 g/mol. The molecule has 2 rings (SSSR count). The molecule has 0 fully saturated rings. The van der Waals surface area contributed by atoms with Gasteiger partial charge >= 0.3 is 11.9 Å². The van der Waals surface area contributed by atoms with Crippen LogP contribution < -0.4 is 5.32 Å². The van der Waals surface area contributed by atoms with E-state index in [1.807, 2.05) is 30.3 Å². The molecule has 0 aliphatic rings. The van der Waals surface area contributed by atoms with Crippen molar-refractivity contribution in [1.29, 1.82) is 0 Å². The molecule has 0 aromatic heterocycles. The molecule has 0 heterocycles. The lowest BCUT2D eigenvalue weighted by Crippen LogP contribution is -2.21. The summed E-state index contributed by atoms with van der Waals surface area (Å²) >= 11 is 0. The maximum absolute atomic E-state index is 11.9. The van der Waals surface area contributed by atoms with Crippen molar-refractivity contribution in [2.24, 2.45) is 0 Å². The lowest BCUT2D eigenvalue weighted by Gasteiger charge is -2.09. The van der Waals surface area contributed by atoms with Crippen LogP contribution in [0.4, 0.5) is 5.69 Å². The molecular formula is C20H21NO5. The van der Waals surface area contributed by atoms with E-state index < -0.39 is 17.8 Å². The van der Waals surface area contributed by atoms with Crippen molar-refractivity contribution < 1.29 is 23.9 Å². The van der Waals surface area contributed by atoms with Gasteiger partial charge in [-0.25, -0.2) is 4.79 Å².